The molecule has 0 unspecified atom stereocenters. The third-order valence-corrected chi connectivity index (χ3v) is 6.03. The van der Waals surface area contributed by atoms with Crippen LogP contribution in [0.25, 0.3) is 21.8 Å². The molecule has 0 radical (unpaired) electrons. The molecule has 156 valence electrons. The first kappa shape index (κ1) is 20.1. The van der Waals surface area contributed by atoms with Crippen LogP contribution in [0.1, 0.15) is 26.2 Å². The van der Waals surface area contributed by atoms with Crippen molar-refractivity contribution in [2.75, 3.05) is 11.1 Å². The molecule has 0 atom stereocenters. The highest BCUT2D eigenvalue weighted by Crippen LogP contribution is 2.32. The predicted octanol–water partition coefficient (Wildman–Crippen LogP) is 2.68. The van der Waals surface area contributed by atoms with E-state index in [0.717, 1.165) is 33.7 Å². The number of nitrogens with zero attached hydrogens (tertiary/aromatic N) is 3. The smallest absolute Gasteiger partial charge is 0.332 e. The minimum absolute atomic E-state index is 0.0628. The normalized spacial score (nSPS) is 13.4. The van der Waals surface area contributed by atoms with Gasteiger partial charge in [-0.3, -0.25) is 18.7 Å². The molecule has 1 amide bonds. The molecule has 1 aliphatic carbocycles. The van der Waals surface area contributed by atoms with Crippen molar-refractivity contribution >= 4 is 28.7 Å². The number of thiazole rings is 1. The van der Waals surface area contributed by atoms with Crippen LogP contribution in [0.15, 0.2) is 39.2 Å². The van der Waals surface area contributed by atoms with Gasteiger partial charge >= 0.3 is 5.69 Å². The topological polar surface area (TPSA) is 112 Å². The van der Waals surface area contributed by atoms with Gasteiger partial charge in [0.15, 0.2) is 0 Å². The second-order valence-corrected chi connectivity index (χ2v) is 8.30. The number of nitrogens with one attached hydrogen (secondary N) is 1. The van der Waals surface area contributed by atoms with Gasteiger partial charge in [-0.15, -0.1) is 11.3 Å². The van der Waals surface area contributed by atoms with Gasteiger partial charge in [0.2, 0.25) is 5.91 Å². The van der Waals surface area contributed by atoms with Crippen LogP contribution in [0.2, 0.25) is 0 Å². The van der Waals surface area contributed by atoms with Crippen LogP contribution in [0, 0.1) is 5.92 Å². The number of rotatable bonds is 6. The van der Waals surface area contributed by atoms with Gasteiger partial charge in [0.1, 0.15) is 16.4 Å². The minimum atomic E-state index is -0.458. The van der Waals surface area contributed by atoms with Gasteiger partial charge in [-0.25, -0.2) is 9.78 Å². The molecule has 0 aliphatic heterocycles. The average molecular weight is 426 g/mol. The fourth-order valence-corrected chi connectivity index (χ4v) is 4.09. The van der Waals surface area contributed by atoms with Gasteiger partial charge in [-0.2, -0.15) is 0 Å². The SMILES string of the molecule is CCCn1c(N)c(-c2csc(-c3ccc(NC(=O)C4CC4)cc3)n2)c(=O)n(C)c1=O. The van der Waals surface area contributed by atoms with Crippen molar-refractivity contribution in [3.05, 3.63) is 50.5 Å². The van der Waals surface area contributed by atoms with E-state index in [1.54, 1.807) is 5.38 Å². The van der Waals surface area contributed by atoms with Gasteiger partial charge in [0, 0.05) is 36.1 Å². The third kappa shape index (κ3) is 3.68. The summed E-state index contributed by atoms with van der Waals surface area (Å²) in [6, 6.07) is 7.44. The molecule has 1 aliphatic rings. The Morgan fingerprint density at radius 2 is 1.97 bits per heavy atom. The number of anilines is 2. The Balaban J connectivity index is 1.65. The van der Waals surface area contributed by atoms with Gasteiger partial charge < -0.3 is 11.1 Å². The second-order valence-electron chi connectivity index (χ2n) is 7.44. The van der Waals surface area contributed by atoms with Crippen molar-refractivity contribution in [3.8, 4) is 21.8 Å². The summed E-state index contributed by atoms with van der Waals surface area (Å²) in [6.45, 7) is 2.37. The van der Waals surface area contributed by atoms with E-state index < -0.39 is 11.2 Å². The Morgan fingerprint density at radius 1 is 1.27 bits per heavy atom. The number of aromatic nitrogens is 3. The lowest BCUT2D eigenvalue weighted by molar-refractivity contribution is -0.117. The van der Waals surface area contributed by atoms with E-state index in [1.165, 1.54) is 23.0 Å². The summed E-state index contributed by atoms with van der Waals surface area (Å²) in [5.41, 5.74) is 7.60. The molecule has 1 aromatic carbocycles. The van der Waals surface area contributed by atoms with Crippen LogP contribution in [-0.4, -0.2) is 20.0 Å². The monoisotopic (exact) mass is 425 g/mol. The molecule has 30 heavy (non-hydrogen) atoms. The van der Waals surface area contributed by atoms with Crippen LogP contribution < -0.4 is 22.3 Å². The van der Waals surface area contributed by atoms with Crippen LogP contribution in [-0.2, 0) is 18.4 Å². The molecular formula is C21H23N5O3S. The van der Waals surface area contributed by atoms with Gasteiger partial charge in [-0.1, -0.05) is 6.92 Å². The molecule has 2 heterocycles. The van der Waals surface area contributed by atoms with Crippen LogP contribution in [0.5, 0.6) is 0 Å². The van der Waals surface area contributed by atoms with Gasteiger partial charge in [0.05, 0.1) is 5.69 Å². The van der Waals surface area contributed by atoms with E-state index in [9.17, 15) is 14.4 Å². The van der Waals surface area contributed by atoms with E-state index in [-0.39, 0.29) is 23.2 Å². The van der Waals surface area contributed by atoms with Crippen LogP contribution in [0.4, 0.5) is 11.5 Å². The van der Waals surface area contributed by atoms with Gasteiger partial charge in [0.25, 0.3) is 5.56 Å². The molecule has 8 nitrogen and oxygen atoms in total. The summed E-state index contributed by atoms with van der Waals surface area (Å²) in [5.74, 6) is 0.350. The van der Waals surface area contributed by atoms with Crippen molar-refractivity contribution in [1.82, 2.24) is 14.1 Å². The Bertz CT molecular complexity index is 1220. The zero-order valence-electron chi connectivity index (χ0n) is 16.8. The standard InChI is InChI=1S/C21H23N5O3S/c1-3-10-26-17(22)16(20(28)25(2)21(26)29)15-11-30-19(24-15)13-6-8-14(9-7-13)23-18(27)12-4-5-12/h6-9,11-12H,3-5,10,22H2,1-2H3,(H,23,27). The number of carbonyl (C=O) groups is 1. The Labute approximate surface area is 177 Å². The highest BCUT2D eigenvalue weighted by Gasteiger charge is 2.29. The van der Waals surface area contributed by atoms with Gasteiger partial charge in [-0.05, 0) is 43.5 Å². The van der Waals surface area contributed by atoms with Crippen molar-refractivity contribution < 1.29 is 4.79 Å². The molecule has 2 aromatic heterocycles. The number of carbonyl (C=O) groups excluding carboxylic acids is 1. The molecule has 3 aromatic rings. The molecule has 0 bridgehead atoms. The van der Waals surface area contributed by atoms with Crippen molar-refractivity contribution in [3.63, 3.8) is 0 Å². The summed E-state index contributed by atoms with van der Waals surface area (Å²) in [5, 5.41) is 5.40. The first-order valence-corrected chi connectivity index (χ1v) is 10.7. The number of nitrogens with two attached hydrogens (primary N) is 1. The van der Waals surface area contributed by atoms with Crippen molar-refractivity contribution in [1.29, 1.82) is 0 Å². The highest BCUT2D eigenvalue weighted by atomic mass is 32.1. The molecule has 1 fully saturated rings. The molecule has 0 spiro atoms. The first-order chi connectivity index (χ1) is 14.4. The van der Waals surface area contributed by atoms with E-state index in [0.29, 0.717) is 18.7 Å². The number of amides is 1. The number of benzene rings is 1. The summed E-state index contributed by atoms with van der Waals surface area (Å²) in [7, 11) is 1.45. The second kappa shape index (κ2) is 7.91. The number of nitrogen functional groups attached to an aromatic ring is 1. The van der Waals surface area contributed by atoms with E-state index in [1.807, 2.05) is 31.2 Å². The molecule has 9 heteroatoms. The van der Waals surface area contributed by atoms with E-state index >= 15 is 0 Å². The minimum Gasteiger partial charge on any atom is -0.384 e. The van der Waals surface area contributed by atoms with Crippen molar-refractivity contribution in [2.45, 2.75) is 32.7 Å². The summed E-state index contributed by atoms with van der Waals surface area (Å²) >= 11 is 1.39. The third-order valence-electron chi connectivity index (χ3n) is 5.14. The zero-order chi connectivity index (χ0) is 21.4. The largest absolute Gasteiger partial charge is 0.384 e. The first-order valence-electron chi connectivity index (χ1n) is 9.87. The maximum absolute atomic E-state index is 12.7. The Hall–Kier alpha value is -3.20. The number of hydrogen-bond donors (Lipinski definition) is 2. The van der Waals surface area contributed by atoms with E-state index in [4.69, 9.17) is 5.73 Å². The lowest BCUT2D eigenvalue weighted by Crippen LogP contribution is -2.40. The molecule has 3 N–H and O–H groups in total. The predicted molar refractivity (Wildman–Crippen MR) is 119 cm³/mol. The molecular weight excluding hydrogens is 402 g/mol. The maximum Gasteiger partial charge on any atom is 0.332 e. The van der Waals surface area contributed by atoms with E-state index in [2.05, 4.69) is 10.3 Å². The van der Waals surface area contributed by atoms with Crippen LogP contribution >= 0.6 is 11.3 Å². The molecule has 0 saturated heterocycles. The average Bonchev–Trinajstić information content (AvgIpc) is 3.49. The lowest BCUT2D eigenvalue weighted by atomic mass is 10.2. The lowest BCUT2D eigenvalue weighted by Gasteiger charge is -2.13. The summed E-state index contributed by atoms with van der Waals surface area (Å²) < 4.78 is 2.48. The molecule has 4 rings (SSSR count). The van der Waals surface area contributed by atoms with Crippen LogP contribution in [0.3, 0.4) is 0 Å². The zero-order valence-corrected chi connectivity index (χ0v) is 17.7. The summed E-state index contributed by atoms with van der Waals surface area (Å²) in [6.07, 6.45) is 2.63. The molecule has 1 saturated carbocycles. The Kier molecular flexibility index (Phi) is 5.29. The number of hydrogen-bond acceptors (Lipinski definition) is 6. The fraction of sp³-hybridized carbons (Fsp3) is 0.333. The quantitative estimate of drug-likeness (QED) is 0.631. The van der Waals surface area contributed by atoms with Crippen molar-refractivity contribution in [2.24, 2.45) is 13.0 Å². The fourth-order valence-electron chi connectivity index (χ4n) is 3.27. The maximum atomic E-state index is 12.7. The Morgan fingerprint density at radius 3 is 2.60 bits per heavy atom. The summed E-state index contributed by atoms with van der Waals surface area (Å²) in [4.78, 5) is 41.6. The highest BCUT2D eigenvalue weighted by molar-refractivity contribution is 7.13.